The summed E-state index contributed by atoms with van der Waals surface area (Å²) in [6.07, 6.45) is 0.135. The van der Waals surface area contributed by atoms with Crippen molar-refractivity contribution in [2.45, 2.75) is 6.42 Å². The predicted molar refractivity (Wildman–Crippen MR) is 55.5 cm³/mol. The molecule has 0 atom stereocenters. The van der Waals surface area contributed by atoms with E-state index in [9.17, 15) is 4.79 Å². The number of cyclic esters (lactones) is 1. The fourth-order valence-electron chi connectivity index (χ4n) is 1.45. The average molecular weight is 205 g/mol. The summed E-state index contributed by atoms with van der Waals surface area (Å²) in [6, 6.07) is 7.67. The van der Waals surface area contributed by atoms with Gasteiger partial charge in [-0.15, -0.1) is 0 Å². The zero-order chi connectivity index (χ0) is 10.7. The Morgan fingerprint density at radius 1 is 1.53 bits per heavy atom. The molecular weight excluding hydrogens is 194 g/mol. The van der Waals surface area contributed by atoms with Crippen molar-refractivity contribution in [1.82, 2.24) is 0 Å². The number of carbonyl (C=O) groups excluding carboxylic acids is 1. The van der Waals surface area contributed by atoms with Crippen LogP contribution in [0.4, 0.5) is 4.79 Å². The van der Waals surface area contributed by atoms with Gasteiger partial charge in [0, 0.05) is 6.42 Å². The molecule has 2 rings (SSSR count). The molecule has 0 bridgehead atoms. The van der Waals surface area contributed by atoms with E-state index in [0.717, 1.165) is 17.0 Å². The summed E-state index contributed by atoms with van der Waals surface area (Å²) < 4.78 is 9.82. The summed E-state index contributed by atoms with van der Waals surface area (Å²) in [6.45, 7) is 0.302. The molecule has 1 aromatic carbocycles. The van der Waals surface area contributed by atoms with Crippen molar-refractivity contribution >= 4 is 11.8 Å². The van der Waals surface area contributed by atoms with Crippen LogP contribution in [0.25, 0.3) is 0 Å². The van der Waals surface area contributed by atoms with Crippen molar-refractivity contribution in [2.75, 3.05) is 13.7 Å². The molecule has 0 saturated carbocycles. The monoisotopic (exact) mass is 205 g/mol. The van der Waals surface area contributed by atoms with Gasteiger partial charge in [0.1, 0.15) is 12.4 Å². The maximum Gasteiger partial charge on any atom is 0.434 e. The topological polar surface area (TPSA) is 47.9 Å². The van der Waals surface area contributed by atoms with Crippen LogP contribution < -0.4 is 4.74 Å². The van der Waals surface area contributed by atoms with Crippen molar-refractivity contribution in [3.8, 4) is 5.75 Å². The Morgan fingerprint density at radius 2 is 2.40 bits per heavy atom. The van der Waals surface area contributed by atoms with Crippen LogP contribution in [0, 0.1) is 0 Å². The molecule has 0 spiro atoms. The van der Waals surface area contributed by atoms with Gasteiger partial charge in [-0.1, -0.05) is 12.1 Å². The first-order valence-electron chi connectivity index (χ1n) is 4.64. The molecule has 1 heterocycles. The van der Waals surface area contributed by atoms with E-state index < -0.39 is 6.09 Å². The number of hydrogen-bond donors (Lipinski definition) is 0. The third-order valence-corrected chi connectivity index (χ3v) is 2.15. The number of methoxy groups -OCH3 is 1. The molecule has 0 unspecified atom stereocenters. The zero-order valence-corrected chi connectivity index (χ0v) is 8.40. The van der Waals surface area contributed by atoms with E-state index in [2.05, 4.69) is 4.99 Å². The lowest BCUT2D eigenvalue weighted by atomic mass is 10.1. The van der Waals surface area contributed by atoms with E-state index in [1.165, 1.54) is 0 Å². The van der Waals surface area contributed by atoms with Crippen molar-refractivity contribution in [3.05, 3.63) is 29.8 Å². The highest BCUT2D eigenvalue weighted by Crippen LogP contribution is 2.14. The molecule has 0 fully saturated rings. The molecule has 1 aliphatic rings. The van der Waals surface area contributed by atoms with Gasteiger partial charge in [-0.05, 0) is 17.7 Å². The van der Waals surface area contributed by atoms with Crippen molar-refractivity contribution in [1.29, 1.82) is 0 Å². The zero-order valence-electron chi connectivity index (χ0n) is 8.40. The third-order valence-electron chi connectivity index (χ3n) is 2.15. The van der Waals surface area contributed by atoms with Crippen LogP contribution in [0.5, 0.6) is 5.75 Å². The molecule has 4 heteroatoms. The van der Waals surface area contributed by atoms with Gasteiger partial charge in [0.2, 0.25) is 0 Å². The first kappa shape index (κ1) is 9.71. The molecule has 4 nitrogen and oxygen atoms in total. The molecule has 78 valence electrons. The normalized spacial score (nSPS) is 14.7. The van der Waals surface area contributed by atoms with E-state index in [1.807, 2.05) is 24.3 Å². The third kappa shape index (κ3) is 2.34. The van der Waals surface area contributed by atoms with Crippen LogP contribution in [-0.2, 0) is 11.2 Å². The Balaban J connectivity index is 2.10. The minimum atomic E-state index is -0.493. The lowest BCUT2D eigenvalue weighted by molar-refractivity contribution is 0.181. The second-order valence-corrected chi connectivity index (χ2v) is 3.26. The highest BCUT2D eigenvalue weighted by Gasteiger charge is 2.14. The van der Waals surface area contributed by atoms with Gasteiger partial charge in [-0.3, -0.25) is 0 Å². The summed E-state index contributed by atoms with van der Waals surface area (Å²) in [7, 11) is 1.62. The molecule has 15 heavy (non-hydrogen) atoms. The van der Waals surface area contributed by atoms with E-state index >= 15 is 0 Å². The Kier molecular flexibility index (Phi) is 2.67. The maximum absolute atomic E-state index is 10.7. The lowest BCUT2D eigenvalue weighted by Gasteiger charge is -2.03. The number of carbonyl (C=O) groups is 1. The Morgan fingerprint density at radius 3 is 3.07 bits per heavy atom. The maximum atomic E-state index is 10.7. The lowest BCUT2D eigenvalue weighted by Crippen LogP contribution is -2.04. The molecule has 1 aliphatic heterocycles. The second-order valence-electron chi connectivity index (χ2n) is 3.26. The summed E-state index contributed by atoms with van der Waals surface area (Å²) in [4.78, 5) is 14.5. The highest BCUT2D eigenvalue weighted by atomic mass is 16.6. The Labute approximate surface area is 87.5 Å². The van der Waals surface area contributed by atoms with E-state index in [1.54, 1.807) is 7.11 Å². The number of benzene rings is 1. The van der Waals surface area contributed by atoms with Gasteiger partial charge in [-0.25, -0.2) is 4.79 Å². The van der Waals surface area contributed by atoms with E-state index in [-0.39, 0.29) is 0 Å². The summed E-state index contributed by atoms with van der Waals surface area (Å²) in [5.74, 6) is 0.804. The number of hydrogen-bond acceptors (Lipinski definition) is 3. The molecule has 0 aliphatic carbocycles. The van der Waals surface area contributed by atoms with Crippen LogP contribution in [-0.4, -0.2) is 25.5 Å². The Bertz CT molecular complexity index is 412. The molecular formula is C11H11NO3. The number of ether oxygens (including phenoxy) is 2. The summed E-state index contributed by atoms with van der Waals surface area (Å²) in [5.41, 5.74) is 1.82. The molecule has 1 aromatic rings. The van der Waals surface area contributed by atoms with Gasteiger partial charge in [-0.2, -0.15) is 4.99 Å². The molecule has 0 aromatic heterocycles. The summed E-state index contributed by atoms with van der Waals surface area (Å²) >= 11 is 0. The van der Waals surface area contributed by atoms with Crippen LogP contribution in [0.15, 0.2) is 29.3 Å². The van der Waals surface area contributed by atoms with Crippen LogP contribution in [0.1, 0.15) is 5.56 Å². The fraction of sp³-hybridized carbons (Fsp3) is 0.273. The predicted octanol–water partition coefficient (Wildman–Crippen LogP) is 1.83. The SMILES string of the molecule is COc1cccc(CC2=NC(=O)OC2)c1. The minimum Gasteiger partial charge on any atom is -0.497 e. The number of aliphatic imine (C=N–C) groups is 1. The largest absolute Gasteiger partial charge is 0.497 e. The van der Waals surface area contributed by atoms with Crippen molar-refractivity contribution < 1.29 is 14.3 Å². The van der Waals surface area contributed by atoms with E-state index in [0.29, 0.717) is 13.0 Å². The van der Waals surface area contributed by atoms with Gasteiger partial charge >= 0.3 is 6.09 Å². The van der Waals surface area contributed by atoms with Crippen LogP contribution in [0.2, 0.25) is 0 Å². The Hall–Kier alpha value is -1.84. The van der Waals surface area contributed by atoms with Crippen LogP contribution in [0.3, 0.4) is 0 Å². The summed E-state index contributed by atoms with van der Waals surface area (Å²) in [5, 5.41) is 0. The average Bonchev–Trinajstić information content (AvgIpc) is 2.64. The van der Waals surface area contributed by atoms with Crippen molar-refractivity contribution in [2.24, 2.45) is 4.99 Å². The molecule has 0 saturated heterocycles. The highest BCUT2D eigenvalue weighted by molar-refractivity contribution is 5.99. The molecule has 0 radical (unpaired) electrons. The first-order chi connectivity index (χ1) is 7.28. The quantitative estimate of drug-likeness (QED) is 0.756. The van der Waals surface area contributed by atoms with Gasteiger partial charge < -0.3 is 9.47 Å². The fourth-order valence-corrected chi connectivity index (χ4v) is 1.45. The number of amides is 1. The van der Waals surface area contributed by atoms with Gasteiger partial charge in [0.05, 0.1) is 12.8 Å². The second kappa shape index (κ2) is 4.13. The standard InChI is InChI=1S/C11H11NO3/c1-14-10-4-2-3-8(6-10)5-9-7-15-11(13)12-9/h2-4,6H,5,7H2,1H3. The molecule has 0 N–H and O–H groups in total. The van der Waals surface area contributed by atoms with Crippen molar-refractivity contribution in [3.63, 3.8) is 0 Å². The minimum absolute atomic E-state index is 0.302. The smallest absolute Gasteiger partial charge is 0.434 e. The van der Waals surface area contributed by atoms with E-state index in [4.69, 9.17) is 9.47 Å². The van der Waals surface area contributed by atoms with Gasteiger partial charge in [0.25, 0.3) is 0 Å². The van der Waals surface area contributed by atoms with Crippen LogP contribution >= 0.6 is 0 Å². The molecule has 1 amide bonds. The first-order valence-corrected chi connectivity index (χ1v) is 4.64. The number of rotatable bonds is 3. The number of nitrogens with zero attached hydrogens (tertiary/aromatic N) is 1. The van der Waals surface area contributed by atoms with Gasteiger partial charge in [0.15, 0.2) is 0 Å².